The lowest BCUT2D eigenvalue weighted by atomic mass is 10.1. The fourth-order valence-corrected chi connectivity index (χ4v) is 5.60. The normalized spacial score (nSPS) is 15.5. The largest absolute Gasteiger partial charge is 0.337 e. The number of carbonyl (C=O) groups excluding carboxylic acids is 1. The number of amides is 2. The van der Waals surface area contributed by atoms with Crippen molar-refractivity contribution in [2.75, 3.05) is 44.6 Å². The van der Waals surface area contributed by atoms with Crippen LogP contribution in [0.1, 0.15) is 5.69 Å². The Hall–Kier alpha value is -2.72. The van der Waals surface area contributed by atoms with Crippen molar-refractivity contribution in [3.63, 3.8) is 0 Å². The number of aryl methyl sites for hydroxylation is 1. The van der Waals surface area contributed by atoms with E-state index in [0.29, 0.717) is 44.3 Å². The van der Waals surface area contributed by atoms with Crippen LogP contribution in [-0.2, 0) is 10.0 Å². The number of aromatic nitrogens is 1. The van der Waals surface area contributed by atoms with Crippen LogP contribution in [0.3, 0.4) is 0 Å². The van der Waals surface area contributed by atoms with E-state index in [9.17, 15) is 13.2 Å². The third kappa shape index (κ3) is 5.62. The molecule has 33 heavy (non-hydrogen) atoms. The second kappa shape index (κ2) is 10.0. The molecular formula is C23H26ClN5O3S. The van der Waals surface area contributed by atoms with Crippen LogP contribution in [0.5, 0.6) is 0 Å². The number of para-hydroxylation sites is 1. The van der Waals surface area contributed by atoms with Crippen molar-refractivity contribution < 1.29 is 13.2 Å². The zero-order valence-corrected chi connectivity index (χ0v) is 19.9. The second-order valence-corrected chi connectivity index (χ2v) is 10.3. The predicted molar refractivity (Wildman–Crippen MR) is 130 cm³/mol. The van der Waals surface area contributed by atoms with E-state index in [1.807, 2.05) is 37.3 Å². The molecule has 0 atom stereocenters. The number of nitrogens with zero attached hydrogens (tertiary/aromatic N) is 3. The Labute approximate surface area is 198 Å². The van der Waals surface area contributed by atoms with Crippen LogP contribution in [0.2, 0.25) is 5.02 Å². The zero-order chi connectivity index (χ0) is 23.4. The minimum Gasteiger partial charge on any atom is -0.337 e. The number of halogens is 1. The molecule has 0 spiro atoms. The maximum absolute atomic E-state index is 12.8. The number of benzene rings is 2. The Balaban J connectivity index is 1.26. The van der Waals surface area contributed by atoms with Gasteiger partial charge in [-0.25, -0.2) is 13.2 Å². The monoisotopic (exact) mass is 487 g/mol. The summed E-state index contributed by atoms with van der Waals surface area (Å²) in [6, 6.07) is 15.6. The first-order valence-electron chi connectivity index (χ1n) is 10.7. The summed E-state index contributed by atoms with van der Waals surface area (Å²) in [7, 11) is -3.56. The van der Waals surface area contributed by atoms with E-state index in [0.717, 1.165) is 22.3 Å². The van der Waals surface area contributed by atoms with Gasteiger partial charge in [-0.3, -0.25) is 9.88 Å². The number of fused-ring (bicyclic) bond motifs is 1. The van der Waals surface area contributed by atoms with Gasteiger partial charge in [0.25, 0.3) is 0 Å². The summed E-state index contributed by atoms with van der Waals surface area (Å²) in [4.78, 5) is 19.2. The molecule has 4 rings (SSSR count). The Bertz CT molecular complexity index is 1260. The summed E-state index contributed by atoms with van der Waals surface area (Å²) in [6.45, 7) is 4.95. The van der Waals surface area contributed by atoms with E-state index in [2.05, 4.69) is 20.5 Å². The van der Waals surface area contributed by atoms with Gasteiger partial charge in [0.05, 0.1) is 16.1 Å². The molecule has 0 aliphatic carbocycles. The Morgan fingerprint density at radius 1 is 1.06 bits per heavy atom. The minimum absolute atomic E-state index is 0.209. The number of nitrogens with one attached hydrogen (secondary N) is 2. The average molecular weight is 488 g/mol. The van der Waals surface area contributed by atoms with Crippen LogP contribution >= 0.6 is 11.6 Å². The van der Waals surface area contributed by atoms with E-state index in [-0.39, 0.29) is 10.9 Å². The standard InChI is InChI=1S/C23H26ClN5O3S/c1-17-15-22(20-7-2-3-8-21(20)26-17)27-23(30)25-9-10-28-11-13-29(14-12-28)33(31,32)19-6-4-5-18(24)16-19/h2-8,15-16H,9-14H2,1H3,(H2,25,26,27,30). The van der Waals surface area contributed by atoms with Gasteiger partial charge >= 0.3 is 6.03 Å². The zero-order valence-electron chi connectivity index (χ0n) is 18.3. The molecule has 0 bridgehead atoms. The highest BCUT2D eigenvalue weighted by molar-refractivity contribution is 7.89. The molecule has 1 saturated heterocycles. The van der Waals surface area contributed by atoms with Gasteiger partial charge in [0.15, 0.2) is 0 Å². The lowest BCUT2D eigenvalue weighted by Gasteiger charge is -2.34. The van der Waals surface area contributed by atoms with Crippen molar-refractivity contribution >= 4 is 44.2 Å². The van der Waals surface area contributed by atoms with E-state index in [1.165, 1.54) is 10.4 Å². The molecule has 1 aliphatic heterocycles. The van der Waals surface area contributed by atoms with Crippen LogP contribution in [0.25, 0.3) is 10.9 Å². The van der Waals surface area contributed by atoms with Crippen LogP contribution < -0.4 is 10.6 Å². The van der Waals surface area contributed by atoms with Gasteiger partial charge in [-0.2, -0.15) is 4.31 Å². The van der Waals surface area contributed by atoms with Gasteiger partial charge in [0, 0.05) is 55.4 Å². The molecule has 174 valence electrons. The first-order valence-corrected chi connectivity index (χ1v) is 12.5. The lowest BCUT2D eigenvalue weighted by molar-refractivity contribution is 0.189. The third-order valence-corrected chi connectivity index (χ3v) is 7.70. The lowest BCUT2D eigenvalue weighted by Crippen LogP contribution is -2.50. The van der Waals surface area contributed by atoms with E-state index < -0.39 is 10.0 Å². The van der Waals surface area contributed by atoms with Gasteiger partial charge < -0.3 is 10.6 Å². The van der Waals surface area contributed by atoms with Gasteiger partial charge in [-0.15, -0.1) is 0 Å². The van der Waals surface area contributed by atoms with Crippen molar-refractivity contribution in [2.24, 2.45) is 0 Å². The molecule has 1 aromatic heterocycles. The maximum atomic E-state index is 12.8. The number of pyridine rings is 1. The van der Waals surface area contributed by atoms with Gasteiger partial charge in [0.2, 0.25) is 10.0 Å². The molecule has 2 heterocycles. The number of urea groups is 1. The molecule has 0 saturated carbocycles. The van der Waals surface area contributed by atoms with Gasteiger partial charge in [-0.05, 0) is 37.3 Å². The third-order valence-electron chi connectivity index (χ3n) is 5.57. The summed E-state index contributed by atoms with van der Waals surface area (Å²) in [6.07, 6.45) is 0. The number of anilines is 1. The van der Waals surface area contributed by atoms with E-state index in [4.69, 9.17) is 11.6 Å². The van der Waals surface area contributed by atoms with Crippen LogP contribution in [0.4, 0.5) is 10.5 Å². The van der Waals surface area contributed by atoms with Crippen molar-refractivity contribution in [2.45, 2.75) is 11.8 Å². The van der Waals surface area contributed by atoms with E-state index in [1.54, 1.807) is 18.2 Å². The quantitative estimate of drug-likeness (QED) is 0.556. The first-order chi connectivity index (χ1) is 15.8. The summed E-state index contributed by atoms with van der Waals surface area (Å²) >= 11 is 5.95. The highest BCUT2D eigenvalue weighted by Crippen LogP contribution is 2.23. The van der Waals surface area contributed by atoms with Crippen molar-refractivity contribution in [3.05, 3.63) is 65.3 Å². The molecule has 1 aliphatic rings. The van der Waals surface area contributed by atoms with Crippen LogP contribution in [0, 0.1) is 6.92 Å². The Morgan fingerprint density at radius 3 is 2.58 bits per heavy atom. The molecule has 8 nitrogen and oxygen atoms in total. The summed E-state index contributed by atoms with van der Waals surface area (Å²) in [5, 5.41) is 7.07. The fourth-order valence-electron chi connectivity index (χ4n) is 3.88. The van der Waals surface area contributed by atoms with E-state index >= 15 is 0 Å². The maximum Gasteiger partial charge on any atom is 0.319 e. The molecular weight excluding hydrogens is 462 g/mol. The first kappa shape index (κ1) is 23.4. The smallest absolute Gasteiger partial charge is 0.319 e. The molecule has 2 aromatic carbocycles. The van der Waals surface area contributed by atoms with Crippen molar-refractivity contribution in [1.29, 1.82) is 0 Å². The second-order valence-electron chi connectivity index (χ2n) is 7.91. The molecule has 1 fully saturated rings. The van der Waals surface area contributed by atoms with Crippen LogP contribution in [0.15, 0.2) is 59.5 Å². The Kier molecular flexibility index (Phi) is 7.14. The molecule has 0 unspecified atom stereocenters. The summed E-state index contributed by atoms with van der Waals surface area (Å²) < 4.78 is 27.1. The fraction of sp³-hybridized carbons (Fsp3) is 0.304. The number of piperazine rings is 1. The molecule has 2 N–H and O–H groups in total. The number of hydrogen-bond acceptors (Lipinski definition) is 5. The van der Waals surface area contributed by atoms with Crippen molar-refractivity contribution in [3.8, 4) is 0 Å². The topological polar surface area (TPSA) is 94.6 Å². The van der Waals surface area contributed by atoms with Gasteiger partial charge in [0.1, 0.15) is 0 Å². The average Bonchev–Trinajstić information content (AvgIpc) is 2.79. The number of hydrogen-bond donors (Lipinski definition) is 2. The highest BCUT2D eigenvalue weighted by Gasteiger charge is 2.28. The summed E-state index contributed by atoms with van der Waals surface area (Å²) in [5.41, 5.74) is 2.38. The summed E-state index contributed by atoms with van der Waals surface area (Å²) in [5.74, 6) is 0. The Morgan fingerprint density at radius 2 is 1.82 bits per heavy atom. The minimum atomic E-state index is -3.56. The predicted octanol–water partition coefficient (Wildman–Crippen LogP) is 3.32. The SMILES string of the molecule is Cc1cc(NC(=O)NCCN2CCN(S(=O)(=O)c3cccc(Cl)c3)CC2)c2ccccc2n1. The highest BCUT2D eigenvalue weighted by atomic mass is 35.5. The molecule has 3 aromatic rings. The number of rotatable bonds is 6. The molecule has 0 radical (unpaired) electrons. The molecule has 10 heteroatoms. The van der Waals surface area contributed by atoms with Gasteiger partial charge in [-0.1, -0.05) is 35.9 Å². The van der Waals surface area contributed by atoms with Crippen molar-refractivity contribution in [1.82, 2.24) is 19.5 Å². The number of carbonyl (C=O) groups is 1. The van der Waals surface area contributed by atoms with Crippen LogP contribution in [-0.4, -0.2) is 67.9 Å². The number of sulfonamides is 1. The molecule has 2 amide bonds.